The molecule has 0 unspecified atom stereocenters. The normalized spacial score (nSPS) is 32.0. The van der Waals surface area contributed by atoms with Gasteiger partial charge in [0.2, 0.25) is 0 Å². The number of nitrogens with zero attached hydrogens (tertiary/aromatic N) is 1. The second-order valence-electron chi connectivity index (χ2n) is 7.13. The van der Waals surface area contributed by atoms with Gasteiger partial charge in [-0.2, -0.15) is 0 Å². The molecule has 13 heteroatoms. The van der Waals surface area contributed by atoms with E-state index in [4.69, 9.17) is 39.4 Å². The van der Waals surface area contributed by atoms with E-state index in [1.807, 2.05) is 0 Å². The van der Waals surface area contributed by atoms with E-state index in [9.17, 15) is 20.1 Å². The van der Waals surface area contributed by atoms with Gasteiger partial charge in [0, 0.05) is 10.0 Å². The number of benzene rings is 1. The molecule has 0 aromatic heterocycles. The summed E-state index contributed by atoms with van der Waals surface area (Å²) in [5.74, 6) is -3.38. The summed E-state index contributed by atoms with van der Waals surface area (Å²) < 4.78 is 6.80. The van der Waals surface area contributed by atoms with Gasteiger partial charge in [-0.05, 0) is 18.2 Å². The molecule has 4 rings (SSSR count). The molecule has 1 spiro atoms. The second-order valence-corrected chi connectivity index (χ2v) is 8.01. The number of aliphatic hydroxyl groups is 3. The largest absolute Gasteiger partial charge is 0.449 e. The highest BCUT2D eigenvalue weighted by atomic mass is 35.5. The molecule has 0 saturated carbocycles. The lowest BCUT2D eigenvalue weighted by Crippen LogP contribution is -2.91. The van der Waals surface area contributed by atoms with Crippen LogP contribution >= 0.6 is 23.2 Å². The van der Waals surface area contributed by atoms with Gasteiger partial charge >= 0.3 is 23.6 Å². The summed E-state index contributed by atoms with van der Waals surface area (Å²) in [5, 5.41) is 38.0. The van der Waals surface area contributed by atoms with Gasteiger partial charge in [0.1, 0.15) is 12.6 Å². The van der Waals surface area contributed by atoms with Crippen LogP contribution in [0, 0.1) is 0 Å². The van der Waals surface area contributed by atoms with E-state index in [-0.39, 0.29) is 40.7 Å². The maximum atomic E-state index is 12.6. The van der Waals surface area contributed by atoms with E-state index < -0.39 is 35.6 Å². The van der Waals surface area contributed by atoms with Crippen LogP contribution in [0.15, 0.2) is 18.2 Å². The molecule has 0 amide bonds. The third-order valence-corrected chi connectivity index (χ3v) is 5.88. The van der Waals surface area contributed by atoms with Crippen molar-refractivity contribution in [2.24, 2.45) is 11.5 Å². The topological polar surface area (TPSA) is 180 Å². The highest BCUT2D eigenvalue weighted by Gasteiger charge is 2.78. The fourth-order valence-corrected chi connectivity index (χ4v) is 4.73. The third-order valence-electron chi connectivity index (χ3n) is 5.44. The van der Waals surface area contributed by atoms with Gasteiger partial charge in [-0.25, -0.2) is 14.7 Å². The minimum atomic E-state index is -2.63. The van der Waals surface area contributed by atoms with Crippen molar-refractivity contribution in [3.8, 4) is 0 Å². The number of hydrogen-bond acceptors (Lipinski definition) is 9. The van der Waals surface area contributed by atoms with Gasteiger partial charge in [0.05, 0.1) is 12.2 Å². The Labute approximate surface area is 174 Å². The fraction of sp³-hybridized carbons (Fsp3) is 0.438. The van der Waals surface area contributed by atoms with Crippen LogP contribution in [0.2, 0.25) is 10.0 Å². The first-order chi connectivity index (χ1) is 13.6. The molecule has 3 aliphatic rings. The van der Waals surface area contributed by atoms with E-state index in [2.05, 4.69) is 15.6 Å². The number of carbonyl (C=O) groups excluding carboxylic acids is 1. The second kappa shape index (κ2) is 6.61. The molecule has 156 valence electrons. The molecule has 1 fully saturated rings. The Morgan fingerprint density at radius 3 is 2.59 bits per heavy atom. The van der Waals surface area contributed by atoms with Crippen LogP contribution in [0.3, 0.4) is 0 Å². The van der Waals surface area contributed by atoms with Gasteiger partial charge in [-0.3, -0.25) is 21.8 Å². The first kappa shape index (κ1) is 20.0. The number of carbonyl (C=O) groups is 1. The molecule has 1 aromatic rings. The van der Waals surface area contributed by atoms with Gasteiger partial charge in [0.25, 0.3) is 5.79 Å². The van der Waals surface area contributed by atoms with Crippen LogP contribution in [-0.4, -0.2) is 80.6 Å². The summed E-state index contributed by atoms with van der Waals surface area (Å²) in [6.45, 7) is -0.535. The molecule has 3 aliphatic heterocycles. The number of hydrogen-bond donors (Lipinski definition) is 8. The van der Waals surface area contributed by atoms with Crippen molar-refractivity contribution in [1.82, 2.24) is 10.6 Å². The van der Waals surface area contributed by atoms with Crippen molar-refractivity contribution in [2.75, 3.05) is 13.2 Å². The molecule has 0 radical (unpaired) electrons. The zero-order chi connectivity index (χ0) is 21.1. The number of guanidine groups is 2. The van der Waals surface area contributed by atoms with Gasteiger partial charge in [-0.15, -0.1) is 0 Å². The Balaban J connectivity index is 1.70. The molecule has 4 atom stereocenters. The van der Waals surface area contributed by atoms with Crippen molar-refractivity contribution >= 4 is 41.1 Å². The Bertz CT molecular complexity index is 933. The standard InChI is InChI=1S/C16H18Cl2N6O5/c17-7-1-6(2-8(18)3-7)12(26)29-10-4-24-14(20)21-9(5-25)11-15(24,16(10,27)28)23-13(19)22-11/h1-3,9-11,25,27-28H,4-5H2,(H5,19,20,21,22,23)/p+2/t9-,10-,11-,15-/m0/s1. The van der Waals surface area contributed by atoms with Crippen LogP contribution in [0.4, 0.5) is 0 Å². The highest BCUT2D eigenvalue weighted by molar-refractivity contribution is 6.35. The lowest BCUT2D eigenvalue weighted by atomic mass is 9.86. The average Bonchev–Trinajstić information content (AvgIpc) is 3.09. The summed E-state index contributed by atoms with van der Waals surface area (Å²) >= 11 is 11.8. The Hall–Kier alpha value is -2.31. The number of halogens is 2. The minimum Gasteiger partial charge on any atom is -0.449 e. The first-order valence-corrected chi connectivity index (χ1v) is 9.42. The van der Waals surface area contributed by atoms with E-state index in [1.54, 1.807) is 0 Å². The minimum absolute atomic E-state index is 0.0455. The molecule has 0 bridgehead atoms. The molecule has 1 saturated heterocycles. The van der Waals surface area contributed by atoms with Crippen LogP contribution in [0.1, 0.15) is 10.4 Å². The Kier molecular flexibility index (Phi) is 4.55. The number of esters is 1. The van der Waals surface area contributed by atoms with Crippen LogP contribution in [-0.2, 0) is 4.74 Å². The Morgan fingerprint density at radius 2 is 1.97 bits per heavy atom. The SMILES string of the molecule is NC1=[NH+][C@H]2[C@H](CO)NC(N)=[N+]3C[C@H](OC(=O)c4cc(Cl)cc(Cl)c4)C(O)(O)[C@]23N1. The predicted molar refractivity (Wildman–Crippen MR) is 101 cm³/mol. The van der Waals surface area contributed by atoms with Crippen LogP contribution < -0.4 is 27.1 Å². The molecule has 0 aliphatic carbocycles. The number of aliphatic hydroxyl groups excluding tert-OH is 1. The highest BCUT2D eigenvalue weighted by Crippen LogP contribution is 2.39. The van der Waals surface area contributed by atoms with E-state index in [0.29, 0.717) is 0 Å². The van der Waals surface area contributed by atoms with E-state index in [0.717, 1.165) is 0 Å². The zero-order valence-electron chi connectivity index (χ0n) is 14.9. The predicted octanol–water partition coefficient (Wildman–Crippen LogP) is -4.43. The maximum absolute atomic E-state index is 12.6. The molecule has 10 N–H and O–H groups in total. The average molecular weight is 447 g/mol. The number of nitrogens with one attached hydrogen (secondary N) is 3. The fourth-order valence-electron chi connectivity index (χ4n) is 4.20. The summed E-state index contributed by atoms with van der Waals surface area (Å²) in [7, 11) is 0. The molecule has 3 heterocycles. The smallest absolute Gasteiger partial charge is 0.347 e. The van der Waals surface area contributed by atoms with Crippen molar-refractivity contribution in [3.63, 3.8) is 0 Å². The number of nitrogens with two attached hydrogens (primary N) is 2. The summed E-state index contributed by atoms with van der Waals surface area (Å²) in [6, 6.07) is 2.64. The van der Waals surface area contributed by atoms with Crippen LogP contribution in [0.25, 0.3) is 0 Å². The number of ether oxygens (including phenoxy) is 1. The van der Waals surface area contributed by atoms with E-state index in [1.165, 1.54) is 22.8 Å². The summed E-state index contributed by atoms with van der Waals surface area (Å²) in [5.41, 5.74) is 10.3. The molecular formula is C16H20Cl2N6O5+2. The number of rotatable bonds is 3. The monoisotopic (exact) mass is 446 g/mol. The Morgan fingerprint density at radius 1 is 1.31 bits per heavy atom. The summed E-state index contributed by atoms with van der Waals surface area (Å²) in [4.78, 5) is 15.5. The van der Waals surface area contributed by atoms with Crippen molar-refractivity contribution in [2.45, 2.75) is 29.6 Å². The van der Waals surface area contributed by atoms with Gasteiger partial charge in [-0.1, -0.05) is 23.2 Å². The van der Waals surface area contributed by atoms with Gasteiger partial charge < -0.3 is 20.1 Å². The van der Waals surface area contributed by atoms with Gasteiger partial charge in [0.15, 0.2) is 12.1 Å². The molecule has 11 nitrogen and oxygen atoms in total. The van der Waals surface area contributed by atoms with Crippen LogP contribution in [0.5, 0.6) is 0 Å². The van der Waals surface area contributed by atoms with Crippen molar-refractivity contribution < 1.29 is 34.4 Å². The maximum Gasteiger partial charge on any atom is 0.347 e. The lowest BCUT2D eigenvalue weighted by Gasteiger charge is -2.40. The third kappa shape index (κ3) is 2.81. The quantitative estimate of drug-likeness (QED) is 0.129. The zero-order valence-corrected chi connectivity index (χ0v) is 16.4. The van der Waals surface area contributed by atoms with Crippen molar-refractivity contribution in [3.05, 3.63) is 33.8 Å². The summed E-state index contributed by atoms with van der Waals surface area (Å²) in [6.07, 6.45) is -1.42. The first-order valence-electron chi connectivity index (χ1n) is 8.66. The molecule has 1 aromatic carbocycles. The molecule has 29 heavy (non-hydrogen) atoms. The lowest BCUT2D eigenvalue weighted by molar-refractivity contribution is -0.674. The van der Waals surface area contributed by atoms with Crippen molar-refractivity contribution in [1.29, 1.82) is 0 Å². The molecular weight excluding hydrogens is 427 g/mol. The van der Waals surface area contributed by atoms with E-state index >= 15 is 0 Å².